The Kier molecular flexibility index (Phi) is 13.0. The fourth-order valence-corrected chi connectivity index (χ4v) is 9.97. The van der Waals surface area contributed by atoms with Gasteiger partial charge in [0, 0.05) is 31.1 Å². The van der Waals surface area contributed by atoms with Crippen molar-refractivity contribution in [3.05, 3.63) is 58.6 Å². The van der Waals surface area contributed by atoms with Gasteiger partial charge in [0.25, 0.3) is 5.91 Å². The van der Waals surface area contributed by atoms with Crippen molar-refractivity contribution in [2.45, 2.75) is 69.6 Å². The number of aliphatic hydroxyl groups excluding tert-OH is 2. The first kappa shape index (κ1) is 40.6. The number of nitrogens with zero attached hydrogens (tertiary/aromatic N) is 4. The molecule has 18 nitrogen and oxygen atoms in total. The predicted octanol–water partition coefficient (Wildman–Crippen LogP) is 2.78. The van der Waals surface area contributed by atoms with Gasteiger partial charge in [0.2, 0.25) is 10.6 Å². The van der Waals surface area contributed by atoms with Crippen molar-refractivity contribution in [1.82, 2.24) is 30.2 Å². The summed E-state index contributed by atoms with van der Waals surface area (Å²) < 4.78 is 35.2. The summed E-state index contributed by atoms with van der Waals surface area (Å²) in [6, 6.07) is 7.08. The molecule has 6 rings (SSSR count). The van der Waals surface area contributed by atoms with E-state index < -0.39 is 52.2 Å². The van der Waals surface area contributed by atoms with Gasteiger partial charge in [-0.2, -0.15) is 0 Å². The van der Waals surface area contributed by atoms with Crippen LogP contribution in [-0.4, -0.2) is 100 Å². The number of aliphatic hydroxyl groups is 2. The maximum absolute atomic E-state index is 12.7. The molecule has 1 saturated carbocycles. The molecule has 4 unspecified atom stereocenters. The van der Waals surface area contributed by atoms with Crippen LogP contribution in [0, 0.1) is 17.8 Å². The minimum Gasteiger partial charge on any atom is -0.387 e. The van der Waals surface area contributed by atoms with Crippen LogP contribution in [-0.2, 0) is 29.7 Å². The van der Waals surface area contributed by atoms with Crippen LogP contribution in [0.5, 0.6) is 0 Å². The van der Waals surface area contributed by atoms with Gasteiger partial charge in [-0.1, -0.05) is 37.1 Å². The highest BCUT2D eigenvalue weighted by Gasteiger charge is 2.46. The molecule has 54 heavy (non-hydrogen) atoms. The number of benzene rings is 1. The zero-order valence-corrected chi connectivity index (χ0v) is 32.5. The number of ether oxygens (including phenoxy) is 1. The van der Waals surface area contributed by atoms with Gasteiger partial charge >= 0.3 is 15.2 Å². The first-order valence-corrected chi connectivity index (χ1v) is 22.0. The second-order valence-corrected chi connectivity index (χ2v) is 18.6. The number of fused-ring (bicyclic) bond motifs is 3. The molecule has 1 aromatic carbocycles. The van der Waals surface area contributed by atoms with Crippen molar-refractivity contribution in [2.24, 2.45) is 17.8 Å². The van der Waals surface area contributed by atoms with Crippen LogP contribution in [0.1, 0.15) is 60.7 Å². The summed E-state index contributed by atoms with van der Waals surface area (Å²) in [7, 11) is -9.59. The normalized spacial score (nSPS) is 25.9. The number of carbonyl (C=O) groups excluding carboxylic acids is 2. The maximum atomic E-state index is 12.7. The van der Waals surface area contributed by atoms with Gasteiger partial charge < -0.3 is 50.1 Å². The average molecular weight is 857 g/mol. The number of rotatable bonds is 18. The molecule has 1 aliphatic heterocycles. The highest BCUT2D eigenvalue weighted by Crippen LogP contribution is 2.55. The summed E-state index contributed by atoms with van der Waals surface area (Å²) in [5, 5.41) is 30.5. The Labute approximate surface area is 319 Å². The number of amides is 2. The lowest BCUT2D eigenvalue weighted by Crippen LogP contribution is -2.33. The van der Waals surface area contributed by atoms with Gasteiger partial charge in [-0.25, -0.2) is 15.0 Å². The fourth-order valence-electron chi connectivity index (χ4n) is 7.05. The standard InChI is InChI=1S/C33H44BrN7O11P2/c34-33-39-28(25-29(40-33)41(17-38-25)32-27(43)26(42)24(52-32)16-51-54(49,50)18-53(46,47)48)37-15-19-5-8-21(9-6-19)30(44)35-11-3-1-2-4-12-36-31(45)23-14-20-7-10-22(23)13-20/h5-10,17,20,22-24,26-27,32,42-43H,1-4,11-16,18H2,(H,35,44)(H,36,45)(H,49,50)(H,37,39,40)(H2,46,47,48)/t20?,22?,23?,24-,26-,27-,32-/m1/s1. The third-order valence-corrected chi connectivity index (χ3v) is 13.6. The minimum absolute atomic E-state index is 0.134. The monoisotopic (exact) mass is 855 g/mol. The topological polar surface area (TPSA) is 268 Å². The number of halogens is 1. The van der Waals surface area contributed by atoms with E-state index in [9.17, 15) is 33.8 Å². The molecule has 0 spiro atoms. The second kappa shape index (κ2) is 17.4. The van der Waals surface area contributed by atoms with E-state index >= 15 is 0 Å². The molecule has 1 saturated heterocycles. The van der Waals surface area contributed by atoms with Gasteiger partial charge in [0.1, 0.15) is 18.3 Å². The van der Waals surface area contributed by atoms with E-state index in [-0.39, 0.29) is 28.1 Å². The van der Waals surface area contributed by atoms with Gasteiger partial charge in [-0.15, -0.1) is 0 Å². The van der Waals surface area contributed by atoms with Crippen molar-refractivity contribution in [3.8, 4) is 0 Å². The van der Waals surface area contributed by atoms with Gasteiger partial charge in [-0.3, -0.25) is 23.3 Å². The lowest BCUT2D eigenvalue weighted by atomic mass is 9.93. The summed E-state index contributed by atoms with van der Waals surface area (Å²) in [5.74, 6) is 0.0567. The summed E-state index contributed by atoms with van der Waals surface area (Å²) >= 11 is 3.27. The van der Waals surface area contributed by atoms with Crippen molar-refractivity contribution in [2.75, 3.05) is 30.9 Å². The number of imidazole rings is 1. The van der Waals surface area contributed by atoms with E-state index in [1.54, 1.807) is 12.1 Å². The van der Waals surface area contributed by atoms with Crippen LogP contribution in [0.15, 0.2) is 47.5 Å². The fraction of sp³-hybridized carbons (Fsp3) is 0.545. The number of anilines is 1. The van der Waals surface area contributed by atoms with E-state index in [1.807, 2.05) is 12.1 Å². The molecule has 2 bridgehead atoms. The first-order valence-electron chi connectivity index (χ1n) is 17.7. The molecular weight excluding hydrogens is 812 g/mol. The van der Waals surface area contributed by atoms with Crippen LogP contribution in [0.2, 0.25) is 0 Å². The van der Waals surface area contributed by atoms with E-state index in [2.05, 4.69) is 59.0 Å². The quantitative estimate of drug-likeness (QED) is 0.0396. The average Bonchev–Trinajstić information content (AvgIpc) is 3.91. The molecule has 294 valence electrons. The zero-order chi connectivity index (χ0) is 38.6. The van der Waals surface area contributed by atoms with E-state index in [1.165, 1.54) is 10.9 Å². The molecule has 2 amide bonds. The van der Waals surface area contributed by atoms with Crippen molar-refractivity contribution in [3.63, 3.8) is 0 Å². The Morgan fingerprint density at radius 1 is 0.963 bits per heavy atom. The van der Waals surface area contributed by atoms with Crippen LogP contribution in [0.25, 0.3) is 11.2 Å². The van der Waals surface area contributed by atoms with E-state index in [0.717, 1.165) is 44.1 Å². The molecule has 3 aliphatic rings. The van der Waals surface area contributed by atoms with Crippen LogP contribution < -0.4 is 16.0 Å². The second-order valence-electron chi connectivity index (χ2n) is 13.8. The van der Waals surface area contributed by atoms with Crippen molar-refractivity contribution < 1.29 is 52.9 Å². The highest BCUT2D eigenvalue weighted by molar-refractivity contribution is 9.10. The number of aromatic nitrogens is 4. The molecule has 0 radical (unpaired) electrons. The Morgan fingerprint density at radius 3 is 2.35 bits per heavy atom. The molecular formula is C33H44BrN7O11P2. The largest absolute Gasteiger partial charge is 0.387 e. The summed E-state index contributed by atoms with van der Waals surface area (Å²) in [4.78, 5) is 66.0. The molecule has 21 heteroatoms. The lowest BCUT2D eigenvalue weighted by molar-refractivity contribution is -0.125. The molecule has 3 heterocycles. The van der Waals surface area contributed by atoms with Crippen molar-refractivity contribution in [1.29, 1.82) is 0 Å². The third-order valence-electron chi connectivity index (χ3n) is 9.79. The highest BCUT2D eigenvalue weighted by atomic mass is 79.9. The Morgan fingerprint density at radius 2 is 1.69 bits per heavy atom. The molecule has 3 aromatic rings. The van der Waals surface area contributed by atoms with Crippen LogP contribution in [0.4, 0.5) is 5.82 Å². The first-order chi connectivity index (χ1) is 25.7. The number of allylic oxidation sites excluding steroid dienone is 2. The van der Waals surface area contributed by atoms with Crippen molar-refractivity contribution >= 4 is 59.9 Å². The van der Waals surface area contributed by atoms with Gasteiger partial charge in [0.05, 0.1) is 12.9 Å². The number of hydrogen-bond acceptors (Lipinski definition) is 12. The number of unbranched alkanes of at least 4 members (excludes halogenated alkanes) is 3. The zero-order valence-electron chi connectivity index (χ0n) is 29.1. The molecule has 8 N–H and O–H groups in total. The Balaban J connectivity index is 0.940. The number of nitrogens with one attached hydrogen (secondary N) is 3. The summed E-state index contributed by atoms with van der Waals surface area (Å²) in [5.41, 5.74) is 1.89. The van der Waals surface area contributed by atoms with Crippen LogP contribution in [0.3, 0.4) is 0 Å². The molecule has 8 atom stereocenters. The molecule has 2 aliphatic carbocycles. The van der Waals surface area contributed by atoms with E-state index in [0.29, 0.717) is 48.4 Å². The molecule has 2 aromatic heterocycles. The summed E-state index contributed by atoms with van der Waals surface area (Å²) in [6.45, 7) is 0.812. The van der Waals surface area contributed by atoms with Gasteiger partial charge in [-0.05, 0) is 71.1 Å². The smallest absolute Gasteiger partial charge is 0.340 e. The molecule has 2 fully saturated rings. The Hall–Kier alpha value is -3.09. The number of hydrogen-bond donors (Lipinski definition) is 8. The SMILES string of the molecule is O=C(NCCCCCCNC(=O)C1CC2C=CC1C2)c1ccc(CNc2nc(Br)nc3c2ncn3[C@@H]2O[C@H](COP(=O)(O)CP(=O)(O)O)[C@@H](O)[C@H]2O)cc1. The lowest BCUT2D eigenvalue weighted by Gasteiger charge is -2.18. The maximum Gasteiger partial charge on any atom is 0.340 e. The number of carbonyl (C=O) groups is 2. The van der Waals surface area contributed by atoms with Crippen LogP contribution >= 0.6 is 31.1 Å². The third kappa shape index (κ3) is 10.2. The van der Waals surface area contributed by atoms with E-state index in [4.69, 9.17) is 19.0 Å². The summed E-state index contributed by atoms with van der Waals surface area (Å²) in [6.07, 6.45) is 5.81. The predicted molar refractivity (Wildman–Crippen MR) is 198 cm³/mol. The minimum atomic E-state index is -4.86. The Bertz CT molecular complexity index is 1940. The van der Waals surface area contributed by atoms with Gasteiger partial charge in [0.15, 0.2) is 29.1 Å².